The zero-order valence-electron chi connectivity index (χ0n) is 27.5. The highest BCUT2D eigenvalue weighted by molar-refractivity contribution is 7.85. The van der Waals surface area contributed by atoms with Gasteiger partial charge in [0.25, 0.3) is 12.3 Å². The van der Waals surface area contributed by atoms with Crippen LogP contribution in [0.4, 0.5) is 32.2 Å². The van der Waals surface area contributed by atoms with Gasteiger partial charge in [0.05, 0.1) is 33.2 Å². The highest BCUT2D eigenvalue weighted by Gasteiger charge is 2.46. The fourth-order valence-electron chi connectivity index (χ4n) is 6.78. The first-order chi connectivity index (χ1) is 24.6. The minimum absolute atomic E-state index is 0.110. The second-order valence-corrected chi connectivity index (χ2v) is 14.0. The molecule has 2 atom stereocenters. The van der Waals surface area contributed by atoms with E-state index in [1.165, 1.54) is 10.9 Å². The van der Waals surface area contributed by atoms with Crippen LogP contribution in [0.25, 0.3) is 33.2 Å². The number of nitrogens with zero attached hydrogens (tertiary/aromatic N) is 6. The molecular formula is C33H28ClF6N9O2S. The summed E-state index contributed by atoms with van der Waals surface area (Å²) in [6.45, 7) is 0.833. The molecule has 3 N–H and O–H groups in total. The van der Waals surface area contributed by atoms with Crippen LogP contribution in [0.15, 0.2) is 36.4 Å². The maximum atomic E-state index is 14.9. The van der Waals surface area contributed by atoms with E-state index in [0.29, 0.717) is 44.1 Å². The van der Waals surface area contributed by atoms with Crippen molar-refractivity contribution in [3.05, 3.63) is 87.1 Å². The van der Waals surface area contributed by atoms with Crippen molar-refractivity contribution in [2.75, 3.05) is 11.0 Å². The summed E-state index contributed by atoms with van der Waals surface area (Å²) in [6.07, 6.45) is -3.02. The van der Waals surface area contributed by atoms with Crippen LogP contribution in [0.3, 0.4) is 0 Å². The minimum atomic E-state index is -3.49. The summed E-state index contributed by atoms with van der Waals surface area (Å²) in [6, 6.07) is 6.59. The van der Waals surface area contributed by atoms with E-state index < -0.39 is 71.3 Å². The summed E-state index contributed by atoms with van der Waals surface area (Å²) in [7, 11) is 0.120. The number of hydrogen-bond donors (Lipinski definition) is 3. The van der Waals surface area contributed by atoms with E-state index in [1.54, 1.807) is 32.2 Å². The number of carbonyl (C=O) groups is 1. The molecule has 11 nitrogen and oxygen atoms in total. The lowest BCUT2D eigenvalue weighted by Gasteiger charge is -2.23. The largest absolute Gasteiger partial charge is 0.346 e. The molecule has 1 amide bonds. The Bertz CT molecular complexity index is 2410. The normalized spacial score (nSPS) is 15.1. The molecule has 2 unspecified atom stereocenters. The van der Waals surface area contributed by atoms with E-state index in [1.807, 2.05) is 0 Å². The van der Waals surface area contributed by atoms with E-state index in [2.05, 4.69) is 30.2 Å². The second-order valence-electron chi connectivity index (χ2n) is 12.4. The molecule has 1 aliphatic rings. The van der Waals surface area contributed by atoms with Crippen LogP contribution in [0.5, 0.6) is 0 Å². The number of anilines is 1. The van der Waals surface area contributed by atoms with Gasteiger partial charge in [-0.15, -0.1) is 0 Å². The Morgan fingerprint density at radius 3 is 2.50 bits per heavy atom. The molecule has 0 saturated heterocycles. The van der Waals surface area contributed by atoms with Gasteiger partial charge in [0.1, 0.15) is 46.4 Å². The maximum Gasteiger partial charge on any atom is 0.290 e. The predicted molar refractivity (Wildman–Crippen MR) is 181 cm³/mol. The molecule has 4 heterocycles. The molecule has 7 rings (SSSR count). The monoisotopic (exact) mass is 763 g/mol. The standard InChI is InChI=1S/C33H28ClF6N9O2S/c1-14-41-23-12-20(18-4-5-21(34)25-28(18)48(2)46-32(25)47-52(3)51)26(44-31(23)42-14)22(10-15-8-16(35)11-17(36)9-15)43-24(50)13-49-29-19(6-7-33(29,39)40)27(45-49)30(37)38/h4-5,8-9,11-12,22,30H,6-7,10,13H2,1-3H3,(H,43,50)(H,46,47)(H,41,42,44). The molecule has 0 radical (unpaired) electrons. The third kappa shape index (κ3) is 6.48. The Balaban J connectivity index is 1.39. The van der Waals surface area contributed by atoms with E-state index >= 15 is 0 Å². The molecule has 0 aliphatic heterocycles. The molecule has 0 saturated carbocycles. The number of nitrogens with one attached hydrogen (secondary N) is 3. The highest BCUT2D eigenvalue weighted by Crippen LogP contribution is 2.45. The summed E-state index contributed by atoms with van der Waals surface area (Å²) in [4.78, 5) is 26.1. The fraction of sp³-hybridized carbons (Fsp3) is 0.303. The lowest BCUT2D eigenvalue weighted by Crippen LogP contribution is -2.35. The number of H-pyrrole nitrogens is 1. The first-order valence-electron chi connectivity index (χ1n) is 15.7. The highest BCUT2D eigenvalue weighted by atomic mass is 35.5. The number of carbonyl (C=O) groups excluding carboxylic acids is 1. The van der Waals surface area contributed by atoms with Crippen molar-refractivity contribution in [3.63, 3.8) is 0 Å². The van der Waals surface area contributed by atoms with Gasteiger partial charge in [-0.05, 0) is 49.6 Å². The van der Waals surface area contributed by atoms with E-state index in [4.69, 9.17) is 16.6 Å². The summed E-state index contributed by atoms with van der Waals surface area (Å²) in [5.41, 5.74) is 0.441. The van der Waals surface area contributed by atoms with Crippen LogP contribution >= 0.6 is 11.6 Å². The Kier molecular flexibility index (Phi) is 9.01. The summed E-state index contributed by atoms with van der Waals surface area (Å²) in [5.74, 6) is -5.45. The van der Waals surface area contributed by atoms with Gasteiger partial charge in [-0.2, -0.15) is 19.0 Å². The molecule has 0 bridgehead atoms. The molecule has 0 fully saturated rings. The number of alkyl halides is 4. The van der Waals surface area contributed by atoms with Gasteiger partial charge < -0.3 is 10.3 Å². The fourth-order valence-corrected chi connectivity index (χ4v) is 7.44. The van der Waals surface area contributed by atoms with Gasteiger partial charge in [-0.25, -0.2) is 31.7 Å². The maximum absolute atomic E-state index is 14.9. The van der Waals surface area contributed by atoms with Crippen molar-refractivity contribution in [1.82, 2.24) is 39.8 Å². The lowest BCUT2D eigenvalue weighted by atomic mass is 9.94. The smallest absolute Gasteiger partial charge is 0.290 e. The SMILES string of the molecule is Cc1nc2nc(C(Cc3cc(F)cc(F)c3)NC(=O)Cn3nc(C(F)F)c4c3C(F)(F)CC4)c(-c3ccc(Cl)c4c(NS(C)=O)nn(C)c34)cc2[nH]1. The van der Waals surface area contributed by atoms with Gasteiger partial charge in [-0.3, -0.25) is 18.9 Å². The number of hydrogen-bond acceptors (Lipinski definition) is 6. The number of amides is 1. The summed E-state index contributed by atoms with van der Waals surface area (Å²) < 4.78 is 103. The van der Waals surface area contributed by atoms with Crippen molar-refractivity contribution < 1.29 is 35.3 Å². The zero-order valence-corrected chi connectivity index (χ0v) is 29.1. The van der Waals surface area contributed by atoms with Crippen molar-refractivity contribution in [2.45, 2.75) is 51.1 Å². The minimum Gasteiger partial charge on any atom is -0.346 e. The first-order valence-corrected chi connectivity index (χ1v) is 17.7. The van der Waals surface area contributed by atoms with Gasteiger partial charge in [0, 0.05) is 42.5 Å². The number of aromatic amines is 1. The molecule has 272 valence electrons. The Labute approximate surface area is 298 Å². The van der Waals surface area contributed by atoms with Crippen molar-refractivity contribution in [1.29, 1.82) is 0 Å². The predicted octanol–water partition coefficient (Wildman–Crippen LogP) is 6.73. The summed E-state index contributed by atoms with van der Waals surface area (Å²) in [5, 5.41) is 11.6. The van der Waals surface area contributed by atoms with Crippen molar-refractivity contribution in [2.24, 2.45) is 7.05 Å². The molecule has 19 heteroatoms. The summed E-state index contributed by atoms with van der Waals surface area (Å²) >= 11 is 6.62. The van der Waals surface area contributed by atoms with Crippen LogP contribution in [0.2, 0.25) is 5.02 Å². The quantitative estimate of drug-likeness (QED) is 0.133. The first kappa shape index (κ1) is 35.4. The van der Waals surface area contributed by atoms with Gasteiger partial charge >= 0.3 is 0 Å². The second kappa shape index (κ2) is 13.2. The van der Waals surface area contributed by atoms with Crippen LogP contribution in [-0.2, 0) is 48.1 Å². The topological polar surface area (TPSA) is 135 Å². The Morgan fingerprint density at radius 2 is 1.81 bits per heavy atom. The number of rotatable bonds is 10. The number of aromatic nitrogens is 7. The van der Waals surface area contributed by atoms with Crippen LogP contribution in [-0.4, -0.2) is 50.9 Å². The molecular weight excluding hydrogens is 736 g/mol. The number of aryl methyl sites for hydroxylation is 2. The number of fused-ring (bicyclic) bond motifs is 3. The number of pyridine rings is 1. The third-order valence-electron chi connectivity index (χ3n) is 8.73. The van der Waals surface area contributed by atoms with Gasteiger partial charge in [0.2, 0.25) is 5.91 Å². The Hall–Kier alpha value is -4.97. The average Bonchev–Trinajstić information content (AvgIpc) is 3.77. The lowest BCUT2D eigenvalue weighted by molar-refractivity contribution is -0.122. The van der Waals surface area contributed by atoms with Crippen LogP contribution in [0, 0.1) is 18.6 Å². The molecule has 1 aliphatic carbocycles. The van der Waals surface area contributed by atoms with Crippen LogP contribution in [0.1, 0.15) is 52.9 Å². The van der Waals surface area contributed by atoms with E-state index in [0.717, 1.165) is 12.1 Å². The Morgan fingerprint density at radius 1 is 1.08 bits per heavy atom. The zero-order chi connectivity index (χ0) is 37.2. The van der Waals surface area contributed by atoms with E-state index in [9.17, 15) is 35.3 Å². The molecule has 6 aromatic rings. The van der Waals surface area contributed by atoms with Crippen molar-refractivity contribution in [3.8, 4) is 11.1 Å². The number of benzene rings is 2. The van der Waals surface area contributed by atoms with Crippen LogP contribution < -0.4 is 10.0 Å². The van der Waals surface area contributed by atoms with Gasteiger partial charge in [-0.1, -0.05) is 17.7 Å². The average molecular weight is 764 g/mol. The number of halogens is 7. The van der Waals surface area contributed by atoms with Gasteiger partial charge in [0.15, 0.2) is 11.5 Å². The van der Waals surface area contributed by atoms with E-state index in [-0.39, 0.29) is 46.2 Å². The molecule has 0 spiro atoms. The molecule has 52 heavy (non-hydrogen) atoms. The third-order valence-corrected chi connectivity index (χ3v) is 9.53. The van der Waals surface area contributed by atoms with Crippen molar-refractivity contribution >= 4 is 56.4 Å². The molecule has 2 aromatic carbocycles. The number of imidazole rings is 1. The molecule has 4 aromatic heterocycles.